The van der Waals surface area contributed by atoms with Crippen LogP contribution < -0.4 is 0 Å². The van der Waals surface area contributed by atoms with Gasteiger partial charge in [0.1, 0.15) is 0 Å². The van der Waals surface area contributed by atoms with E-state index in [0.717, 1.165) is 0 Å². The number of thiophene rings is 2. The van der Waals surface area contributed by atoms with E-state index >= 15 is 0 Å². The zero-order valence-corrected chi connectivity index (χ0v) is 11.9. The van der Waals surface area contributed by atoms with Crippen molar-refractivity contribution in [3.63, 3.8) is 0 Å². The Kier molecular flexibility index (Phi) is 3.02. The first kappa shape index (κ1) is 11.6. The Bertz CT molecular complexity index is 705. The van der Waals surface area contributed by atoms with Crippen LogP contribution in [0.4, 0.5) is 0 Å². The second-order valence-electron chi connectivity index (χ2n) is 4.29. The fourth-order valence-electron chi connectivity index (χ4n) is 2.05. The molecule has 3 heteroatoms. The third kappa shape index (κ3) is 2.00. The van der Waals surface area contributed by atoms with Crippen molar-refractivity contribution >= 4 is 44.2 Å². The molecule has 0 unspecified atom stereocenters. The fourth-order valence-corrected chi connectivity index (χ4v) is 4.50. The Balaban J connectivity index is 2.00. The van der Waals surface area contributed by atoms with Crippen molar-refractivity contribution < 1.29 is 0 Å². The van der Waals surface area contributed by atoms with E-state index in [-0.39, 0.29) is 0 Å². The molecule has 0 aromatic carbocycles. The van der Waals surface area contributed by atoms with Crippen molar-refractivity contribution in [3.05, 3.63) is 51.5 Å². The zero-order valence-electron chi connectivity index (χ0n) is 10.3. The highest BCUT2D eigenvalue weighted by molar-refractivity contribution is 7.38. The molecular formula is C15H13NS2. The van der Waals surface area contributed by atoms with E-state index in [9.17, 15) is 0 Å². The van der Waals surface area contributed by atoms with Crippen molar-refractivity contribution in [1.82, 2.24) is 4.98 Å². The molecule has 3 aromatic heterocycles. The highest BCUT2D eigenvalue weighted by atomic mass is 32.2. The number of aromatic nitrogens is 1. The summed E-state index contributed by atoms with van der Waals surface area (Å²) in [6.07, 6.45) is 8.01. The van der Waals surface area contributed by atoms with Gasteiger partial charge in [-0.25, -0.2) is 0 Å². The minimum Gasteiger partial charge on any atom is -0.265 e. The number of nitrogens with zero attached hydrogens (tertiary/aromatic N) is 1. The van der Waals surface area contributed by atoms with Crippen LogP contribution in [0.5, 0.6) is 0 Å². The average molecular weight is 271 g/mol. The molecule has 0 saturated heterocycles. The molecule has 3 rings (SSSR count). The van der Waals surface area contributed by atoms with Crippen molar-refractivity contribution in [2.45, 2.75) is 13.8 Å². The number of hydrogen-bond donors (Lipinski definition) is 0. The Morgan fingerprint density at radius 2 is 1.89 bits per heavy atom. The van der Waals surface area contributed by atoms with Gasteiger partial charge >= 0.3 is 0 Å². The molecular weight excluding hydrogens is 258 g/mol. The largest absolute Gasteiger partial charge is 0.265 e. The molecule has 0 N–H and O–H groups in total. The van der Waals surface area contributed by atoms with Crippen molar-refractivity contribution in [3.8, 4) is 0 Å². The van der Waals surface area contributed by atoms with Crippen LogP contribution in [-0.4, -0.2) is 4.98 Å². The first-order valence-electron chi connectivity index (χ1n) is 5.81. The van der Waals surface area contributed by atoms with Gasteiger partial charge in [-0.3, -0.25) is 4.98 Å². The van der Waals surface area contributed by atoms with Crippen molar-refractivity contribution in [2.24, 2.45) is 0 Å². The number of pyridine rings is 1. The van der Waals surface area contributed by atoms with E-state index in [1.807, 2.05) is 47.2 Å². The molecule has 0 amide bonds. The maximum absolute atomic E-state index is 4.03. The van der Waals surface area contributed by atoms with E-state index in [0.29, 0.717) is 0 Å². The van der Waals surface area contributed by atoms with E-state index in [4.69, 9.17) is 0 Å². The molecule has 0 saturated carbocycles. The first-order valence-corrected chi connectivity index (χ1v) is 7.50. The summed E-state index contributed by atoms with van der Waals surface area (Å²) in [7, 11) is 0. The second kappa shape index (κ2) is 4.67. The van der Waals surface area contributed by atoms with Crippen LogP contribution in [0.3, 0.4) is 0 Å². The molecule has 1 nitrogen and oxygen atoms in total. The summed E-state index contributed by atoms with van der Waals surface area (Å²) in [6.45, 7) is 4.40. The van der Waals surface area contributed by atoms with Crippen LogP contribution in [0.2, 0.25) is 0 Å². The van der Waals surface area contributed by atoms with Crippen molar-refractivity contribution in [1.29, 1.82) is 0 Å². The van der Waals surface area contributed by atoms with Gasteiger partial charge in [0.2, 0.25) is 0 Å². The summed E-state index contributed by atoms with van der Waals surface area (Å²) in [5.74, 6) is 0. The van der Waals surface area contributed by atoms with Gasteiger partial charge in [0.25, 0.3) is 0 Å². The average Bonchev–Trinajstić information content (AvgIpc) is 2.90. The first-order chi connectivity index (χ1) is 8.75. The topological polar surface area (TPSA) is 12.9 Å². The molecule has 0 fully saturated rings. The van der Waals surface area contributed by atoms with Gasteiger partial charge in [-0.2, -0.15) is 0 Å². The summed E-state index contributed by atoms with van der Waals surface area (Å²) in [5, 5.41) is 3.68. The molecule has 3 heterocycles. The Morgan fingerprint density at radius 3 is 2.61 bits per heavy atom. The van der Waals surface area contributed by atoms with E-state index in [1.165, 1.54) is 31.0 Å². The lowest BCUT2D eigenvalue weighted by Gasteiger charge is -1.93. The van der Waals surface area contributed by atoms with Gasteiger partial charge in [0.05, 0.1) is 4.01 Å². The Hall–Kier alpha value is -1.45. The van der Waals surface area contributed by atoms with E-state index in [1.54, 1.807) is 0 Å². The summed E-state index contributed by atoms with van der Waals surface area (Å²) in [6, 6.07) is 4.04. The van der Waals surface area contributed by atoms with Gasteiger partial charge in [-0.15, -0.1) is 22.7 Å². The summed E-state index contributed by atoms with van der Waals surface area (Å²) < 4.78 is 1.43. The predicted octanol–water partition coefficient (Wildman–Crippen LogP) is 5.15. The maximum Gasteiger partial charge on any atom is 0.0876 e. The van der Waals surface area contributed by atoms with Crippen LogP contribution in [0.1, 0.15) is 21.6 Å². The molecule has 0 spiro atoms. The summed E-state index contributed by atoms with van der Waals surface area (Å²) in [4.78, 5) is 5.38. The minimum atomic E-state index is 1.19. The molecule has 18 heavy (non-hydrogen) atoms. The van der Waals surface area contributed by atoms with Gasteiger partial charge < -0.3 is 0 Å². The number of hydrogen-bond acceptors (Lipinski definition) is 3. The number of aryl methyl sites for hydroxylation is 2. The third-order valence-electron chi connectivity index (χ3n) is 3.02. The molecule has 0 radical (unpaired) electrons. The molecule has 0 aliphatic carbocycles. The van der Waals surface area contributed by atoms with Crippen LogP contribution in [-0.2, 0) is 0 Å². The highest BCUT2D eigenvalue weighted by Gasteiger charge is 2.09. The zero-order chi connectivity index (χ0) is 12.5. The lowest BCUT2D eigenvalue weighted by molar-refractivity contribution is 1.32. The predicted molar refractivity (Wildman–Crippen MR) is 82.3 cm³/mol. The van der Waals surface area contributed by atoms with Gasteiger partial charge in [0.15, 0.2) is 0 Å². The molecule has 0 aliphatic heterocycles. The van der Waals surface area contributed by atoms with Gasteiger partial charge in [-0.1, -0.05) is 6.08 Å². The molecule has 3 aromatic rings. The maximum atomic E-state index is 4.03. The van der Waals surface area contributed by atoms with Gasteiger partial charge in [0, 0.05) is 22.7 Å². The molecule has 0 bridgehead atoms. The third-order valence-corrected chi connectivity index (χ3v) is 5.50. The molecule has 90 valence electrons. The van der Waals surface area contributed by atoms with Crippen LogP contribution >= 0.6 is 22.7 Å². The second-order valence-corrected chi connectivity index (χ2v) is 6.48. The lowest BCUT2D eigenvalue weighted by Crippen LogP contribution is -1.74. The lowest BCUT2D eigenvalue weighted by atomic mass is 10.1. The monoisotopic (exact) mass is 271 g/mol. The van der Waals surface area contributed by atoms with Gasteiger partial charge in [-0.05, 0) is 54.1 Å². The van der Waals surface area contributed by atoms with Crippen LogP contribution in [0, 0.1) is 13.8 Å². The van der Waals surface area contributed by atoms with E-state index < -0.39 is 0 Å². The standard InChI is InChI=1S/C15H13NS2/c1-10-9-17-15-14(10)11(2)13(18-15)4-3-12-5-7-16-8-6-12/h3-9H,1-2H3/b4-3+. The Labute approximate surface area is 114 Å². The quantitative estimate of drug-likeness (QED) is 0.628. The summed E-state index contributed by atoms with van der Waals surface area (Å²) in [5.41, 5.74) is 3.99. The Morgan fingerprint density at radius 1 is 1.11 bits per heavy atom. The smallest absolute Gasteiger partial charge is 0.0876 e. The summed E-state index contributed by atoms with van der Waals surface area (Å²) >= 11 is 3.73. The number of rotatable bonds is 2. The van der Waals surface area contributed by atoms with Crippen molar-refractivity contribution in [2.75, 3.05) is 0 Å². The molecule has 0 aliphatic rings. The normalized spacial score (nSPS) is 11.7. The highest BCUT2D eigenvalue weighted by Crippen LogP contribution is 2.38. The SMILES string of the molecule is Cc1csc2sc(/C=C/c3ccncc3)c(C)c12. The molecule has 0 atom stereocenters. The minimum absolute atomic E-state index is 1.19. The number of fused-ring (bicyclic) bond motifs is 1. The van der Waals surface area contributed by atoms with Crippen LogP contribution in [0.25, 0.3) is 21.6 Å². The van der Waals surface area contributed by atoms with E-state index in [2.05, 4.69) is 36.4 Å². The fraction of sp³-hybridized carbons (Fsp3) is 0.133. The van der Waals surface area contributed by atoms with Crippen LogP contribution in [0.15, 0.2) is 29.9 Å².